The first-order valence-corrected chi connectivity index (χ1v) is 9.11. The first-order valence-electron chi connectivity index (χ1n) is 8.73. The molecule has 2 aliphatic rings. The van der Waals surface area contributed by atoms with Gasteiger partial charge in [-0.25, -0.2) is 0 Å². The van der Waals surface area contributed by atoms with E-state index in [-0.39, 0.29) is 5.91 Å². The van der Waals surface area contributed by atoms with E-state index in [2.05, 4.69) is 20.8 Å². The zero-order chi connectivity index (χ0) is 18.1. The summed E-state index contributed by atoms with van der Waals surface area (Å²) in [5.41, 5.74) is 1.40. The summed E-state index contributed by atoms with van der Waals surface area (Å²) in [5.74, 6) is 0.417. The quantitative estimate of drug-likeness (QED) is 0.874. The Morgan fingerprint density at radius 1 is 1.31 bits per heavy atom. The van der Waals surface area contributed by atoms with Gasteiger partial charge in [-0.1, -0.05) is 11.6 Å². The molecule has 26 heavy (non-hydrogen) atoms. The number of aromatic nitrogens is 4. The molecule has 0 bridgehead atoms. The number of ether oxygens (including phenoxy) is 1. The molecule has 0 unspecified atom stereocenters. The Kier molecular flexibility index (Phi) is 4.54. The average molecular weight is 377 g/mol. The van der Waals surface area contributed by atoms with Crippen LogP contribution in [0, 0.1) is 5.41 Å². The van der Waals surface area contributed by atoms with Crippen molar-refractivity contribution in [2.45, 2.75) is 19.3 Å². The van der Waals surface area contributed by atoms with E-state index in [1.165, 1.54) is 17.4 Å². The molecule has 4 rings (SSSR count). The Morgan fingerprint density at radius 3 is 2.73 bits per heavy atom. The fraction of sp³-hybridized carbons (Fsp3) is 0.529. The fourth-order valence-electron chi connectivity index (χ4n) is 3.90. The number of amides is 1. The Hall–Kier alpha value is -2.19. The van der Waals surface area contributed by atoms with Crippen molar-refractivity contribution in [3.63, 3.8) is 0 Å². The maximum absolute atomic E-state index is 13.1. The average Bonchev–Trinajstić information content (AvgIpc) is 3.34. The Bertz CT molecular complexity index is 794. The van der Waals surface area contributed by atoms with Gasteiger partial charge in [0, 0.05) is 25.7 Å². The van der Waals surface area contributed by atoms with Crippen molar-refractivity contribution < 1.29 is 9.53 Å². The molecule has 0 radical (unpaired) electrons. The third-order valence-corrected chi connectivity index (χ3v) is 5.84. The standard InChI is InChI=1S/C17H21ClN6O2/c1-26-15-9-14(24-11-20-21-22-24)13(18)8-12(15)16(25)23-6-3-17(4-7-23)2-5-19-10-17/h8-9,11,19H,2-7,10H2,1H3. The summed E-state index contributed by atoms with van der Waals surface area (Å²) in [6, 6.07) is 3.33. The number of hydrogen-bond acceptors (Lipinski definition) is 6. The molecule has 0 aliphatic carbocycles. The number of nitrogens with one attached hydrogen (secondary N) is 1. The zero-order valence-corrected chi connectivity index (χ0v) is 15.4. The van der Waals surface area contributed by atoms with Gasteiger partial charge in [0.25, 0.3) is 5.91 Å². The van der Waals surface area contributed by atoms with E-state index >= 15 is 0 Å². The molecular formula is C17H21ClN6O2. The minimum atomic E-state index is -0.0483. The van der Waals surface area contributed by atoms with Gasteiger partial charge in [-0.2, -0.15) is 4.68 Å². The van der Waals surface area contributed by atoms with Crippen LogP contribution in [0.1, 0.15) is 29.6 Å². The lowest BCUT2D eigenvalue weighted by Gasteiger charge is -2.39. The Balaban J connectivity index is 1.57. The van der Waals surface area contributed by atoms with E-state index in [1.807, 2.05) is 4.90 Å². The molecule has 1 N–H and O–H groups in total. The first kappa shape index (κ1) is 17.2. The summed E-state index contributed by atoms with van der Waals surface area (Å²) < 4.78 is 6.89. The predicted molar refractivity (Wildman–Crippen MR) is 95.8 cm³/mol. The zero-order valence-electron chi connectivity index (χ0n) is 14.6. The smallest absolute Gasteiger partial charge is 0.257 e. The molecular weight excluding hydrogens is 356 g/mol. The largest absolute Gasteiger partial charge is 0.496 e. The number of rotatable bonds is 3. The number of carbonyl (C=O) groups is 1. The second-order valence-electron chi connectivity index (χ2n) is 6.98. The molecule has 2 aliphatic heterocycles. The van der Waals surface area contributed by atoms with Crippen molar-refractivity contribution in [2.75, 3.05) is 33.3 Å². The lowest BCUT2D eigenvalue weighted by Crippen LogP contribution is -2.44. The summed E-state index contributed by atoms with van der Waals surface area (Å²) in [6.45, 7) is 3.66. The first-order chi connectivity index (χ1) is 12.6. The number of likely N-dealkylation sites (tertiary alicyclic amines) is 1. The second kappa shape index (κ2) is 6.85. The minimum Gasteiger partial charge on any atom is -0.496 e. The third-order valence-electron chi connectivity index (χ3n) is 5.54. The van der Waals surface area contributed by atoms with Crippen molar-refractivity contribution in [3.8, 4) is 11.4 Å². The number of nitrogens with zero attached hydrogens (tertiary/aromatic N) is 5. The number of benzene rings is 1. The molecule has 1 aromatic carbocycles. The van der Waals surface area contributed by atoms with Crippen molar-refractivity contribution in [1.29, 1.82) is 0 Å². The van der Waals surface area contributed by atoms with Gasteiger partial charge in [0.05, 0.1) is 23.4 Å². The molecule has 9 heteroatoms. The van der Waals surface area contributed by atoms with Gasteiger partial charge >= 0.3 is 0 Å². The number of carbonyl (C=O) groups excluding carboxylic acids is 1. The molecule has 0 saturated carbocycles. The van der Waals surface area contributed by atoms with Crippen LogP contribution >= 0.6 is 11.6 Å². The fourth-order valence-corrected chi connectivity index (χ4v) is 4.15. The molecule has 0 atom stereocenters. The topological polar surface area (TPSA) is 85.2 Å². The van der Waals surface area contributed by atoms with Gasteiger partial charge in [-0.15, -0.1) is 5.10 Å². The van der Waals surface area contributed by atoms with Crippen LogP contribution < -0.4 is 10.1 Å². The van der Waals surface area contributed by atoms with E-state index < -0.39 is 0 Å². The van der Waals surface area contributed by atoms with Crippen LogP contribution in [0.4, 0.5) is 0 Å². The summed E-state index contributed by atoms with van der Waals surface area (Å²) in [7, 11) is 1.54. The van der Waals surface area contributed by atoms with Gasteiger partial charge in [0.15, 0.2) is 0 Å². The normalized spacial score (nSPS) is 19.1. The highest BCUT2D eigenvalue weighted by Gasteiger charge is 2.38. The molecule has 1 amide bonds. The number of hydrogen-bond donors (Lipinski definition) is 1. The van der Waals surface area contributed by atoms with E-state index in [9.17, 15) is 4.79 Å². The maximum Gasteiger partial charge on any atom is 0.257 e. The number of halogens is 1. The van der Waals surface area contributed by atoms with E-state index in [1.54, 1.807) is 19.2 Å². The maximum atomic E-state index is 13.1. The molecule has 1 spiro atoms. The predicted octanol–water partition coefficient (Wildman–Crippen LogP) is 1.54. The van der Waals surface area contributed by atoms with Crippen LogP contribution in [0.3, 0.4) is 0 Å². The highest BCUT2D eigenvalue weighted by molar-refractivity contribution is 6.33. The Morgan fingerprint density at radius 2 is 2.12 bits per heavy atom. The van der Waals surface area contributed by atoms with Crippen LogP contribution in [-0.2, 0) is 0 Å². The highest BCUT2D eigenvalue weighted by Crippen LogP contribution is 2.38. The molecule has 138 valence electrons. The Labute approximate surface area is 156 Å². The number of methoxy groups -OCH3 is 1. The van der Waals surface area contributed by atoms with Crippen LogP contribution in [0.15, 0.2) is 18.5 Å². The number of tetrazole rings is 1. The second-order valence-corrected chi connectivity index (χ2v) is 7.38. The third kappa shape index (κ3) is 3.03. The SMILES string of the molecule is COc1cc(-n2cnnn2)c(Cl)cc1C(=O)N1CCC2(CCNC2)CC1. The van der Waals surface area contributed by atoms with Gasteiger partial charge in [-0.05, 0) is 47.7 Å². The molecule has 8 nitrogen and oxygen atoms in total. The van der Waals surface area contributed by atoms with E-state index in [4.69, 9.17) is 16.3 Å². The van der Waals surface area contributed by atoms with Crippen molar-refractivity contribution >= 4 is 17.5 Å². The summed E-state index contributed by atoms with van der Waals surface area (Å²) in [6.07, 6.45) is 4.71. The molecule has 2 aromatic rings. The monoisotopic (exact) mass is 376 g/mol. The van der Waals surface area contributed by atoms with Crippen LogP contribution in [0.2, 0.25) is 5.02 Å². The van der Waals surface area contributed by atoms with E-state index in [0.29, 0.717) is 27.4 Å². The van der Waals surface area contributed by atoms with E-state index in [0.717, 1.165) is 39.0 Å². The molecule has 2 saturated heterocycles. The summed E-state index contributed by atoms with van der Waals surface area (Å²) >= 11 is 6.38. The number of piperidine rings is 1. The van der Waals surface area contributed by atoms with Gasteiger partial charge in [0.1, 0.15) is 12.1 Å². The lowest BCUT2D eigenvalue weighted by atomic mass is 9.78. The van der Waals surface area contributed by atoms with Crippen molar-refractivity contribution in [3.05, 3.63) is 29.0 Å². The summed E-state index contributed by atoms with van der Waals surface area (Å²) in [4.78, 5) is 15.0. The van der Waals surface area contributed by atoms with Gasteiger partial charge < -0.3 is 15.0 Å². The van der Waals surface area contributed by atoms with Gasteiger partial charge in [0.2, 0.25) is 0 Å². The molecule has 1 aromatic heterocycles. The summed E-state index contributed by atoms with van der Waals surface area (Å²) in [5, 5.41) is 14.9. The van der Waals surface area contributed by atoms with Crippen molar-refractivity contribution in [1.82, 2.24) is 30.4 Å². The minimum absolute atomic E-state index is 0.0483. The molecule has 3 heterocycles. The van der Waals surface area contributed by atoms with Crippen LogP contribution in [0.5, 0.6) is 5.75 Å². The lowest BCUT2D eigenvalue weighted by molar-refractivity contribution is 0.0604. The highest BCUT2D eigenvalue weighted by atomic mass is 35.5. The van der Waals surface area contributed by atoms with Gasteiger partial charge in [-0.3, -0.25) is 4.79 Å². The van der Waals surface area contributed by atoms with Crippen LogP contribution in [-0.4, -0.2) is 64.3 Å². The molecule has 2 fully saturated rings. The van der Waals surface area contributed by atoms with Crippen molar-refractivity contribution in [2.24, 2.45) is 5.41 Å². The van der Waals surface area contributed by atoms with Crippen LogP contribution in [0.25, 0.3) is 5.69 Å².